The summed E-state index contributed by atoms with van der Waals surface area (Å²) >= 11 is 6.21. The number of amides is 1. The summed E-state index contributed by atoms with van der Waals surface area (Å²) in [6.45, 7) is 5.01. The van der Waals surface area contributed by atoms with Gasteiger partial charge in [-0.1, -0.05) is 23.7 Å². The highest BCUT2D eigenvalue weighted by Gasteiger charge is 2.45. The second-order valence-electron chi connectivity index (χ2n) is 8.40. The molecule has 0 aromatic heterocycles. The van der Waals surface area contributed by atoms with Crippen molar-refractivity contribution in [1.29, 1.82) is 0 Å². The number of Topliss-reactive ketones (excluding diaryl/α,β-unsaturated/α-hetero) is 1. The lowest BCUT2D eigenvalue weighted by molar-refractivity contribution is -0.139. The van der Waals surface area contributed by atoms with Crippen molar-refractivity contribution >= 4 is 29.1 Å². The Kier molecular flexibility index (Phi) is 7.59. The summed E-state index contributed by atoms with van der Waals surface area (Å²) in [5.41, 5.74) is 1.20. The fourth-order valence-electron chi connectivity index (χ4n) is 3.81. The molecule has 1 aliphatic heterocycles. The Hall–Kier alpha value is -2.83. The zero-order chi connectivity index (χ0) is 23.4. The van der Waals surface area contributed by atoms with E-state index in [1.165, 1.54) is 4.90 Å². The van der Waals surface area contributed by atoms with E-state index in [-0.39, 0.29) is 17.4 Å². The van der Waals surface area contributed by atoms with Gasteiger partial charge in [-0.2, -0.15) is 0 Å². The summed E-state index contributed by atoms with van der Waals surface area (Å²) < 4.78 is 5.65. The number of likely N-dealkylation sites (tertiary alicyclic amines) is 1. The Bertz CT molecular complexity index is 1010. The van der Waals surface area contributed by atoms with Crippen LogP contribution in [0.15, 0.2) is 54.1 Å². The predicted octanol–water partition coefficient (Wildman–Crippen LogP) is 4.50. The fraction of sp³-hybridized carbons (Fsp3) is 0.360. The molecule has 1 heterocycles. The molecule has 1 amide bonds. The normalized spacial score (nSPS) is 18.1. The molecule has 3 rings (SSSR count). The molecule has 6 nitrogen and oxygen atoms in total. The van der Waals surface area contributed by atoms with Crippen molar-refractivity contribution in [2.75, 3.05) is 27.2 Å². The van der Waals surface area contributed by atoms with Gasteiger partial charge >= 0.3 is 0 Å². The van der Waals surface area contributed by atoms with E-state index in [1.54, 1.807) is 42.5 Å². The zero-order valence-corrected chi connectivity index (χ0v) is 19.6. The van der Waals surface area contributed by atoms with Crippen LogP contribution in [0, 0.1) is 0 Å². The molecule has 2 aromatic rings. The first kappa shape index (κ1) is 23.8. The van der Waals surface area contributed by atoms with Gasteiger partial charge in [0, 0.05) is 17.1 Å². The molecule has 1 N–H and O–H groups in total. The first-order valence-corrected chi connectivity index (χ1v) is 11.0. The van der Waals surface area contributed by atoms with E-state index >= 15 is 0 Å². The molecule has 0 bridgehead atoms. The Morgan fingerprint density at radius 2 is 1.84 bits per heavy atom. The van der Waals surface area contributed by atoms with E-state index in [0.717, 1.165) is 6.54 Å². The number of ether oxygens (including phenoxy) is 1. The van der Waals surface area contributed by atoms with Crippen molar-refractivity contribution in [1.82, 2.24) is 9.80 Å². The number of carbonyl (C=O) groups is 2. The molecular weight excluding hydrogens is 428 g/mol. The largest absolute Gasteiger partial charge is 0.507 e. The number of ketones is 1. The molecule has 1 fully saturated rings. The average Bonchev–Trinajstić information content (AvgIpc) is 2.98. The number of halogens is 1. The second-order valence-corrected chi connectivity index (χ2v) is 8.83. The molecule has 0 aliphatic carbocycles. The number of hydrogen-bond donors (Lipinski definition) is 1. The van der Waals surface area contributed by atoms with Gasteiger partial charge in [0.1, 0.15) is 11.5 Å². The Morgan fingerprint density at radius 3 is 2.44 bits per heavy atom. The molecule has 2 aromatic carbocycles. The maximum absolute atomic E-state index is 13.0. The summed E-state index contributed by atoms with van der Waals surface area (Å²) in [7, 11) is 3.91. The molecule has 7 heteroatoms. The SMILES string of the molecule is CC(C)Oc1ccc(C(O)=C2C(=O)C(=O)N(CCCN(C)C)[C@@H]2c2cccc(Cl)c2)cc1. The van der Waals surface area contributed by atoms with Crippen molar-refractivity contribution in [2.24, 2.45) is 0 Å². The van der Waals surface area contributed by atoms with Crippen LogP contribution in [-0.2, 0) is 9.59 Å². The quantitative estimate of drug-likeness (QED) is 0.360. The first-order chi connectivity index (χ1) is 15.2. The predicted molar refractivity (Wildman–Crippen MR) is 126 cm³/mol. The van der Waals surface area contributed by atoms with Crippen molar-refractivity contribution < 1.29 is 19.4 Å². The highest BCUT2D eigenvalue weighted by molar-refractivity contribution is 6.46. The van der Waals surface area contributed by atoms with Crippen molar-refractivity contribution in [3.05, 3.63) is 70.3 Å². The van der Waals surface area contributed by atoms with E-state index in [1.807, 2.05) is 38.9 Å². The van der Waals surface area contributed by atoms with E-state index in [9.17, 15) is 14.7 Å². The van der Waals surface area contributed by atoms with Gasteiger partial charge in [-0.3, -0.25) is 9.59 Å². The van der Waals surface area contributed by atoms with Crippen LogP contribution >= 0.6 is 11.6 Å². The molecule has 0 unspecified atom stereocenters. The lowest BCUT2D eigenvalue weighted by atomic mass is 9.95. The van der Waals surface area contributed by atoms with Gasteiger partial charge in [-0.05, 0) is 82.9 Å². The summed E-state index contributed by atoms with van der Waals surface area (Å²) in [5.74, 6) is -0.860. The van der Waals surface area contributed by atoms with Crippen LogP contribution in [0.25, 0.3) is 5.76 Å². The van der Waals surface area contributed by atoms with Gasteiger partial charge < -0.3 is 19.6 Å². The van der Waals surface area contributed by atoms with Crippen LogP contribution in [0.3, 0.4) is 0 Å². The molecule has 1 atom stereocenters. The Morgan fingerprint density at radius 1 is 1.16 bits per heavy atom. The zero-order valence-electron chi connectivity index (χ0n) is 18.8. The number of benzene rings is 2. The minimum Gasteiger partial charge on any atom is -0.507 e. The minimum absolute atomic E-state index is 0.0183. The maximum atomic E-state index is 13.0. The highest BCUT2D eigenvalue weighted by atomic mass is 35.5. The summed E-state index contributed by atoms with van der Waals surface area (Å²) in [4.78, 5) is 29.5. The summed E-state index contributed by atoms with van der Waals surface area (Å²) in [5, 5.41) is 11.6. The van der Waals surface area contributed by atoms with E-state index in [0.29, 0.717) is 34.9 Å². The lowest BCUT2D eigenvalue weighted by Gasteiger charge is -2.26. The summed E-state index contributed by atoms with van der Waals surface area (Å²) in [6, 6.07) is 13.2. The third kappa shape index (κ3) is 5.31. The number of hydrogen-bond acceptors (Lipinski definition) is 5. The van der Waals surface area contributed by atoms with Crippen LogP contribution < -0.4 is 4.74 Å². The topological polar surface area (TPSA) is 70.1 Å². The molecule has 1 aliphatic rings. The number of nitrogens with zero attached hydrogens (tertiary/aromatic N) is 2. The van der Waals surface area contributed by atoms with Crippen molar-refractivity contribution in [3.63, 3.8) is 0 Å². The Labute approximate surface area is 194 Å². The standard InChI is InChI=1S/C25H29ClN2O4/c1-16(2)32-20-11-9-17(10-12-20)23(29)21-22(18-7-5-8-19(26)15-18)28(25(31)24(21)30)14-6-13-27(3)4/h5,7-12,15-16,22,29H,6,13-14H2,1-4H3/t22-/m1/s1. The van der Waals surface area contributed by atoms with Gasteiger partial charge in [0.25, 0.3) is 11.7 Å². The van der Waals surface area contributed by atoms with Gasteiger partial charge in [0.05, 0.1) is 17.7 Å². The van der Waals surface area contributed by atoms with Gasteiger partial charge in [0.15, 0.2) is 0 Å². The van der Waals surface area contributed by atoms with E-state index in [2.05, 4.69) is 0 Å². The maximum Gasteiger partial charge on any atom is 0.295 e. The fourth-order valence-corrected chi connectivity index (χ4v) is 4.01. The molecular formula is C25H29ClN2O4. The van der Waals surface area contributed by atoms with Gasteiger partial charge in [0.2, 0.25) is 0 Å². The molecule has 0 saturated carbocycles. The van der Waals surface area contributed by atoms with Crippen molar-refractivity contribution in [2.45, 2.75) is 32.4 Å². The summed E-state index contributed by atoms with van der Waals surface area (Å²) in [6.07, 6.45) is 0.711. The van der Waals surface area contributed by atoms with Crippen molar-refractivity contribution in [3.8, 4) is 5.75 Å². The van der Waals surface area contributed by atoms with Gasteiger partial charge in [-0.25, -0.2) is 0 Å². The third-order valence-electron chi connectivity index (χ3n) is 5.21. The van der Waals surface area contributed by atoms with Crippen LogP contribution in [0.5, 0.6) is 5.75 Å². The number of aliphatic hydroxyl groups excluding tert-OH is 1. The van der Waals surface area contributed by atoms with Crippen LogP contribution in [0.1, 0.15) is 37.4 Å². The second kappa shape index (κ2) is 10.2. The van der Waals surface area contributed by atoms with Crippen LogP contribution in [0.2, 0.25) is 5.02 Å². The smallest absolute Gasteiger partial charge is 0.295 e. The average molecular weight is 457 g/mol. The number of rotatable bonds is 8. The third-order valence-corrected chi connectivity index (χ3v) is 5.44. The molecule has 1 saturated heterocycles. The van der Waals surface area contributed by atoms with Crippen LogP contribution in [0.4, 0.5) is 0 Å². The van der Waals surface area contributed by atoms with E-state index in [4.69, 9.17) is 16.3 Å². The number of carbonyl (C=O) groups excluding carboxylic acids is 2. The molecule has 0 radical (unpaired) electrons. The number of aliphatic hydroxyl groups is 1. The molecule has 170 valence electrons. The van der Waals surface area contributed by atoms with Crippen LogP contribution in [-0.4, -0.2) is 59.9 Å². The monoisotopic (exact) mass is 456 g/mol. The molecule has 32 heavy (non-hydrogen) atoms. The van der Waals surface area contributed by atoms with Gasteiger partial charge in [-0.15, -0.1) is 0 Å². The first-order valence-electron chi connectivity index (χ1n) is 10.6. The highest BCUT2D eigenvalue weighted by Crippen LogP contribution is 2.40. The minimum atomic E-state index is -0.706. The van der Waals surface area contributed by atoms with E-state index < -0.39 is 17.7 Å². The lowest BCUT2D eigenvalue weighted by Crippen LogP contribution is -2.32. The molecule has 0 spiro atoms. The Balaban J connectivity index is 2.04.